The van der Waals surface area contributed by atoms with Crippen molar-refractivity contribution in [2.24, 2.45) is 5.92 Å². The number of Topliss-reactive ketones (excluding diaryl/α,β-unsaturated/α-hetero) is 3. The number of carbonyl (C=O) groups excluding carboxylic acids is 3. The van der Waals surface area contributed by atoms with Crippen LogP contribution < -0.4 is 0 Å². The Balaban J connectivity index is 2.13. The van der Waals surface area contributed by atoms with Crippen LogP contribution >= 0.6 is 0 Å². The van der Waals surface area contributed by atoms with Crippen LogP contribution in [0.15, 0.2) is 12.4 Å². The van der Waals surface area contributed by atoms with Crippen LogP contribution in [0.3, 0.4) is 0 Å². The van der Waals surface area contributed by atoms with Crippen LogP contribution in [-0.4, -0.2) is 27.3 Å². The van der Waals surface area contributed by atoms with E-state index >= 15 is 0 Å². The molecular formula is C15H18N2O3. The summed E-state index contributed by atoms with van der Waals surface area (Å²) in [4.78, 5) is 44.2. The van der Waals surface area contributed by atoms with E-state index in [0.717, 1.165) is 5.56 Å². The SMILES string of the molecule is CCCC(=O)C1C(=O)CC(c2cnc(C)nc2)CC1=O. The highest BCUT2D eigenvalue weighted by atomic mass is 16.2. The van der Waals surface area contributed by atoms with E-state index in [0.29, 0.717) is 18.7 Å². The molecule has 0 radical (unpaired) electrons. The molecule has 0 bridgehead atoms. The minimum absolute atomic E-state index is 0.193. The van der Waals surface area contributed by atoms with Gasteiger partial charge in [-0.15, -0.1) is 0 Å². The molecule has 0 unspecified atom stereocenters. The first-order valence-corrected chi connectivity index (χ1v) is 6.89. The highest BCUT2D eigenvalue weighted by Crippen LogP contribution is 2.32. The van der Waals surface area contributed by atoms with Crippen LogP contribution in [0.2, 0.25) is 0 Å². The Labute approximate surface area is 117 Å². The van der Waals surface area contributed by atoms with Gasteiger partial charge in [0.2, 0.25) is 0 Å². The average Bonchev–Trinajstić information content (AvgIpc) is 2.39. The minimum Gasteiger partial charge on any atom is -0.298 e. The summed E-state index contributed by atoms with van der Waals surface area (Å²) in [5.74, 6) is -1.33. The fraction of sp³-hybridized carbons (Fsp3) is 0.533. The Morgan fingerprint density at radius 3 is 2.25 bits per heavy atom. The van der Waals surface area contributed by atoms with E-state index in [9.17, 15) is 14.4 Å². The first kappa shape index (κ1) is 14.5. The number of ketones is 3. The Hall–Kier alpha value is -1.91. The Bertz CT molecular complexity index is 519. The summed E-state index contributed by atoms with van der Waals surface area (Å²) in [6.45, 7) is 3.64. The van der Waals surface area contributed by atoms with E-state index in [1.807, 2.05) is 6.92 Å². The Kier molecular flexibility index (Phi) is 4.37. The third-order valence-corrected chi connectivity index (χ3v) is 3.63. The van der Waals surface area contributed by atoms with Crippen LogP contribution in [0, 0.1) is 12.8 Å². The van der Waals surface area contributed by atoms with Gasteiger partial charge in [0.25, 0.3) is 0 Å². The van der Waals surface area contributed by atoms with Crippen LogP contribution in [0.25, 0.3) is 0 Å². The normalized spacial score (nSPS) is 22.9. The van der Waals surface area contributed by atoms with Gasteiger partial charge in [0.15, 0.2) is 17.3 Å². The van der Waals surface area contributed by atoms with Gasteiger partial charge in [-0.05, 0) is 18.9 Å². The molecule has 1 aliphatic carbocycles. The summed E-state index contributed by atoms with van der Waals surface area (Å²) in [6, 6.07) is 0. The Morgan fingerprint density at radius 2 is 1.75 bits per heavy atom. The molecule has 0 amide bonds. The molecule has 0 aliphatic heterocycles. The van der Waals surface area contributed by atoms with Crippen LogP contribution in [0.1, 0.15) is 49.9 Å². The third kappa shape index (κ3) is 2.98. The van der Waals surface area contributed by atoms with Crippen molar-refractivity contribution in [3.05, 3.63) is 23.8 Å². The van der Waals surface area contributed by atoms with E-state index in [-0.39, 0.29) is 36.1 Å². The number of rotatable bonds is 4. The maximum absolute atomic E-state index is 12.1. The summed E-state index contributed by atoms with van der Waals surface area (Å²) in [7, 11) is 0. The molecule has 1 aliphatic rings. The van der Waals surface area contributed by atoms with Gasteiger partial charge < -0.3 is 0 Å². The second kappa shape index (κ2) is 6.03. The zero-order valence-electron chi connectivity index (χ0n) is 11.8. The fourth-order valence-electron chi connectivity index (χ4n) is 2.57. The number of nitrogens with zero attached hydrogens (tertiary/aromatic N) is 2. The van der Waals surface area contributed by atoms with Gasteiger partial charge in [0.05, 0.1) is 0 Å². The van der Waals surface area contributed by atoms with Gasteiger partial charge in [-0.25, -0.2) is 9.97 Å². The Morgan fingerprint density at radius 1 is 1.20 bits per heavy atom. The van der Waals surface area contributed by atoms with Crippen molar-refractivity contribution >= 4 is 17.3 Å². The van der Waals surface area contributed by atoms with E-state index in [1.165, 1.54) is 0 Å². The predicted octanol–water partition coefficient (Wildman–Crippen LogP) is 1.79. The number of aromatic nitrogens is 2. The zero-order chi connectivity index (χ0) is 14.7. The minimum atomic E-state index is -1.03. The fourth-order valence-corrected chi connectivity index (χ4v) is 2.57. The molecule has 20 heavy (non-hydrogen) atoms. The highest BCUT2D eigenvalue weighted by Gasteiger charge is 2.39. The lowest BCUT2D eigenvalue weighted by Gasteiger charge is -2.25. The van der Waals surface area contributed by atoms with Crippen molar-refractivity contribution in [1.82, 2.24) is 9.97 Å². The molecule has 0 spiro atoms. The van der Waals surface area contributed by atoms with Crippen LogP contribution in [0.4, 0.5) is 0 Å². The molecule has 5 nitrogen and oxygen atoms in total. The van der Waals surface area contributed by atoms with E-state index in [4.69, 9.17) is 0 Å². The highest BCUT2D eigenvalue weighted by molar-refractivity contribution is 6.20. The molecule has 1 fully saturated rings. The molecule has 1 heterocycles. The van der Waals surface area contributed by atoms with Crippen molar-refractivity contribution in [2.45, 2.75) is 45.4 Å². The third-order valence-electron chi connectivity index (χ3n) is 3.63. The van der Waals surface area contributed by atoms with Gasteiger partial charge >= 0.3 is 0 Å². The largest absolute Gasteiger partial charge is 0.298 e. The topological polar surface area (TPSA) is 77.0 Å². The van der Waals surface area contributed by atoms with Gasteiger partial charge in [0, 0.05) is 37.6 Å². The summed E-state index contributed by atoms with van der Waals surface area (Å²) < 4.78 is 0. The van der Waals surface area contributed by atoms with Crippen LogP contribution in [-0.2, 0) is 14.4 Å². The quantitative estimate of drug-likeness (QED) is 0.782. The molecule has 0 aromatic carbocycles. The molecule has 0 saturated heterocycles. The summed E-state index contributed by atoms with van der Waals surface area (Å²) in [6.07, 6.45) is 4.70. The molecular weight excluding hydrogens is 256 g/mol. The maximum atomic E-state index is 12.1. The van der Waals surface area contributed by atoms with E-state index in [2.05, 4.69) is 9.97 Å². The number of hydrogen-bond acceptors (Lipinski definition) is 5. The predicted molar refractivity (Wildman–Crippen MR) is 72.2 cm³/mol. The lowest BCUT2D eigenvalue weighted by atomic mass is 9.75. The smallest absolute Gasteiger partial charge is 0.151 e. The second-order valence-corrected chi connectivity index (χ2v) is 5.25. The summed E-state index contributed by atoms with van der Waals surface area (Å²) in [5, 5.41) is 0. The molecule has 106 valence electrons. The molecule has 2 rings (SSSR count). The average molecular weight is 274 g/mol. The summed E-state index contributed by atoms with van der Waals surface area (Å²) in [5.41, 5.74) is 0.790. The first-order valence-electron chi connectivity index (χ1n) is 6.89. The molecule has 0 atom stereocenters. The molecule has 5 heteroatoms. The number of hydrogen-bond donors (Lipinski definition) is 0. The van der Waals surface area contributed by atoms with E-state index < -0.39 is 5.92 Å². The monoisotopic (exact) mass is 274 g/mol. The van der Waals surface area contributed by atoms with Crippen molar-refractivity contribution in [2.75, 3.05) is 0 Å². The molecule has 1 aromatic heterocycles. The second-order valence-electron chi connectivity index (χ2n) is 5.25. The number of aryl methyl sites for hydroxylation is 1. The van der Waals surface area contributed by atoms with Crippen molar-refractivity contribution < 1.29 is 14.4 Å². The van der Waals surface area contributed by atoms with Crippen molar-refractivity contribution in [1.29, 1.82) is 0 Å². The van der Waals surface area contributed by atoms with Crippen LogP contribution in [0.5, 0.6) is 0 Å². The molecule has 0 N–H and O–H groups in total. The van der Waals surface area contributed by atoms with Crippen molar-refractivity contribution in [3.63, 3.8) is 0 Å². The molecule has 1 aromatic rings. The van der Waals surface area contributed by atoms with Gasteiger partial charge in [-0.3, -0.25) is 14.4 Å². The maximum Gasteiger partial charge on any atom is 0.151 e. The zero-order valence-corrected chi connectivity index (χ0v) is 11.8. The molecule has 1 saturated carbocycles. The lowest BCUT2D eigenvalue weighted by molar-refractivity contribution is -0.142. The summed E-state index contributed by atoms with van der Waals surface area (Å²) >= 11 is 0. The van der Waals surface area contributed by atoms with Gasteiger partial charge in [-0.2, -0.15) is 0 Å². The number of carbonyl (C=O) groups is 3. The first-order chi connectivity index (χ1) is 9.52. The van der Waals surface area contributed by atoms with Crippen molar-refractivity contribution in [3.8, 4) is 0 Å². The van der Waals surface area contributed by atoms with Gasteiger partial charge in [-0.1, -0.05) is 6.92 Å². The standard InChI is InChI=1S/C15H18N2O3/c1-3-4-12(18)15-13(19)5-10(6-14(15)20)11-7-16-9(2)17-8-11/h7-8,10,15H,3-6H2,1-2H3. The van der Waals surface area contributed by atoms with Gasteiger partial charge in [0.1, 0.15) is 11.7 Å². The lowest BCUT2D eigenvalue weighted by Crippen LogP contribution is -2.38. The van der Waals surface area contributed by atoms with E-state index in [1.54, 1.807) is 19.3 Å².